The average Bonchev–Trinajstić information content (AvgIpc) is 2.78. The van der Waals surface area contributed by atoms with Gasteiger partial charge in [-0.05, 0) is 31.2 Å². The molecule has 0 aliphatic heterocycles. The van der Waals surface area contributed by atoms with Gasteiger partial charge in [0.05, 0.1) is 6.54 Å². The minimum absolute atomic E-state index is 0.311. The molecule has 0 amide bonds. The first-order valence-corrected chi connectivity index (χ1v) is 4.68. The molecule has 0 aromatic heterocycles. The number of aliphatic carboxylic acids is 1. The van der Waals surface area contributed by atoms with E-state index in [9.17, 15) is 13.6 Å². The highest BCUT2D eigenvalue weighted by molar-refractivity contribution is 5.75. The van der Waals surface area contributed by atoms with Crippen LogP contribution in [-0.4, -0.2) is 30.1 Å². The van der Waals surface area contributed by atoms with Gasteiger partial charge in [0, 0.05) is 0 Å². The number of carboxylic acids is 1. The molecule has 0 atom stereocenters. The minimum atomic E-state index is -3.65. The molecule has 5 heteroatoms. The van der Waals surface area contributed by atoms with Crippen molar-refractivity contribution in [2.45, 2.75) is 32.1 Å². The molecule has 0 aromatic rings. The van der Waals surface area contributed by atoms with Crippen LogP contribution in [0.2, 0.25) is 0 Å². The molecule has 0 spiro atoms. The molecular weight excluding hydrogens is 192 g/mol. The Morgan fingerprint density at radius 3 is 2.57 bits per heavy atom. The van der Waals surface area contributed by atoms with E-state index in [1.165, 1.54) is 0 Å². The van der Waals surface area contributed by atoms with Crippen LogP contribution in [0.1, 0.15) is 26.2 Å². The number of carboxylic acid groups (broad SMARTS) is 1. The fourth-order valence-corrected chi connectivity index (χ4v) is 1.17. The largest absolute Gasteiger partial charge is 0.477 e. The molecule has 1 aliphatic carbocycles. The van der Waals surface area contributed by atoms with Crippen molar-refractivity contribution in [2.75, 3.05) is 13.1 Å². The third-order valence-corrected chi connectivity index (χ3v) is 2.67. The molecule has 0 aromatic carbocycles. The van der Waals surface area contributed by atoms with Gasteiger partial charge in [-0.25, -0.2) is 4.79 Å². The molecule has 1 aliphatic rings. The number of rotatable bonds is 6. The Bertz CT molecular complexity index is 227. The summed E-state index contributed by atoms with van der Waals surface area (Å²) in [7, 11) is 0. The van der Waals surface area contributed by atoms with Gasteiger partial charge in [0.2, 0.25) is 0 Å². The Morgan fingerprint density at radius 1 is 1.57 bits per heavy atom. The van der Waals surface area contributed by atoms with E-state index < -0.39 is 18.4 Å². The topological polar surface area (TPSA) is 49.3 Å². The number of hydrogen-bond donors (Lipinski definition) is 2. The lowest BCUT2D eigenvalue weighted by Crippen LogP contribution is -2.40. The molecule has 1 fully saturated rings. The van der Waals surface area contributed by atoms with E-state index in [0.29, 0.717) is 12.0 Å². The lowest BCUT2D eigenvalue weighted by atomic mass is 10.1. The highest BCUT2D eigenvalue weighted by Crippen LogP contribution is 2.47. The summed E-state index contributed by atoms with van der Waals surface area (Å²) in [6.07, 6.45) is 3.12. The monoisotopic (exact) mass is 207 g/mol. The number of alkyl halides is 2. The molecule has 0 bridgehead atoms. The number of hydrogen-bond acceptors (Lipinski definition) is 2. The smallest absolute Gasteiger partial charge is 0.375 e. The van der Waals surface area contributed by atoms with Gasteiger partial charge in [-0.2, -0.15) is 8.78 Å². The fourth-order valence-electron chi connectivity index (χ4n) is 1.17. The standard InChI is InChI=1S/C9H15F2NO2/c1-8(2-3-8)4-5-12-6-9(10,11)7(13)14/h12H,2-6H2,1H3,(H,13,14). The second kappa shape index (κ2) is 3.81. The van der Waals surface area contributed by atoms with Crippen molar-refractivity contribution in [3.05, 3.63) is 0 Å². The van der Waals surface area contributed by atoms with Crippen LogP contribution in [0.15, 0.2) is 0 Å². The lowest BCUT2D eigenvalue weighted by molar-refractivity contribution is -0.164. The summed E-state index contributed by atoms with van der Waals surface area (Å²) >= 11 is 0. The number of nitrogens with one attached hydrogen (secondary N) is 1. The third kappa shape index (κ3) is 3.21. The maximum atomic E-state index is 12.5. The van der Waals surface area contributed by atoms with Crippen LogP contribution >= 0.6 is 0 Å². The molecule has 82 valence electrons. The summed E-state index contributed by atoms with van der Waals surface area (Å²) in [6.45, 7) is 1.78. The SMILES string of the molecule is CC1(CCNCC(F)(F)C(=O)O)CC1. The number of halogens is 2. The van der Waals surface area contributed by atoms with E-state index in [2.05, 4.69) is 12.2 Å². The predicted molar refractivity (Wildman–Crippen MR) is 47.4 cm³/mol. The molecule has 0 radical (unpaired) electrons. The van der Waals surface area contributed by atoms with Crippen molar-refractivity contribution in [2.24, 2.45) is 5.41 Å². The molecule has 1 saturated carbocycles. The van der Waals surface area contributed by atoms with Gasteiger partial charge >= 0.3 is 11.9 Å². The second-order valence-corrected chi connectivity index (χ2v) is 4.25. The van der Waals surface area contributed by atoms with E-state index >= 15 is 0 Å². The summed E-state index contributed by atoms with van der Waals surface area (Å²) < 4.78 is 25.0. The van der Waals surface area contributed by atoms with Gasteiger partial charge in [0.25, 0.3) is 0 Å². The minimum Gasteiger partial charge on any atom is -0.477 e. The summed E-state index contributed by atoms with van der Waals surface area (Å²) in [5.74, 6) is -5.72. The average molecular weight is 207 g/mol. The van der Waals surface area contributed by atoms with E-state index in [1.807, 2.05) is 0 Å². The van der Waals surface area contributed by atoms with Crippen LogP contribution in [0.4, 0.5) is 8.78 Å². The molecule has 0 saturated heterocycles. The van der Waals surface area contributed by atoms with Gasteiger partial charge < -0.3 is 10.4 Å². The molecule has 3 nitrogen and oxygen atoms in total. The number of carbonyl (C=O) groups is 1. The van der Waals surface area contributed by atoms with Crippen LogP contribution in [0, 0.1) is 5.41 Å². The van der Waals surface area contributed by atoms with E-state index in [1.54, 1.807) is 0 Å². The van der Waals surface area contributed by atoms with E-state index in [0.717, 1.165) is 19.3 Å². The lowest BCUT2D eigenvalue weighted by Gasteiger charge is -2.13. The molecule has 2 N–H and O–H groups in total. The zero-order chi connectivity index (χ0) is 10.8. The first-order chi connectivity index (χ1) is 6.36. The highest BCUT2D eigenvalue weighted by atomic mass is 19.3. The van der Waals surface area contributed by atoms with Gasteiger partial charge in [-0.1, -0.05) is 6.92 Å². The second-order valence-electron chi connectivity index (χ2n) is 4.25. The highest BCUT2D eigenvalue weighted by Gasteiger charge is 2.39. The molecule has 0 unspecified atom stereocenters. The molecular formula is C9H15F2NO2. The van der Waals surface area contributed by atoms with Crippen molar-refractivity contribution in [1.82, 2.24) is 5.32 Å². The van der Waals surface area contributed by atoms with E-state index in [4.69, 9.17) is 5.11 Å². The Morgan fingerprint density at radius 2 is 2.14 bits per heavy atom. The summed E-state index contributed by atoms with van der Waals surface area (Å²) in [5, 5.41) is 10.6. The van der Waals surface area contributed by atoms with Gasteiger partial charge in [-0.15, -0.1) is 0 Å². The van der Waals surface area contributed by atoms with Crippen LogP contribution in [-0.2, 0) is 4.79 Å². The summed E-state index contributed by atoms with van der Waals surface area (Å²) in [4.78, 5) is 10.0. The zero-order valence-electron chi connectivity index (χ0n) is 8.15. The Hall–Kier alpha value is -0.710. The summed E-state index contributed by atoms with van der Waals surface area (Å²) in [5.41, 5.74) is 0.311. The van der Waals surface area contributed by atoms with Crippen molar-refractivity contribution < 1.29 is 18.7 Å². The van der Waals surface area contributed by atoms with Crippen LogP contribution < -0.4 is 5.32 Å². The van der Waals surface area contributed by atoms with Crippen molar-refractivity contribution in [1.29, 1.82) is 0 Å². The molecule has 14 heavy (non-hydrogen) atoms. The van der Waals surface area contributed by atoms with Crippen LogP contribution in [0.25, 0.3) is 0 Å². The van der Waals surface area contributed by atoms with Crippen molar-refractivity contribution in [3.8, 4) is 0 Å². The first kappa shape index (κ1) is 11.4. The molecule has 1 rings (SSSR count). The zero-order valence-corrected chi connectivity index (χ0v) is 8.15. The van der Waals surface area contributed by atoms with Crippen molar-refractivity contribution in [3.63, 3.8) is 0 Å². The third-order valence-electron chi connectivity index (χ3n) is 2.67. The maximum Gasteiger partial charge on any atom is 0.375 e. The fraction of sp³-hybridized carbons (Fsp3) is 0.889. The van der Waals surface area contributed by atoms with E-state index in [-0.39, 0.29) is 0 Å². The van der Waals surface area contributed by atoms with Gasteiger partial charge in [-0.3, -0.25) is 0 Å². The van der Waals surface area contributed by atoms with Gasteiger partial charge in [0.1, 0.15) is 0 Å². The van der Waals surface area contributed by atoms with Crippen molar-refractivity contribution >= 4 is 5.97 Å². The Kier molecular flexibility index (Phi) is 3.09. The Labute approximate surface area is 81.5 Å². The summed E-state index contributed by atoms with van der Waals surface area (Å²) in [6, 6.07) is 0. The van der Waals surface area contributed by atoms with Crippen LogP contribution in [0.5, 0.6) is 0 Å². The quantitative estimate of drug-likeness (QED) is 0.649. The molecule has 0 heterocycles. The maximum absolute atomic E-state index is 12.5. The van der Waals surface area contributed by atoms with Crippen LogP contribution in [0.3, 0.4) is 0 Å². The Balaban J connectivity index is 2.11. The predicted octanol–water partition coefficient (Wildman–Crippen LogP) is 1.49. The first-order valence-electron chi connectivity index (χ1n) is 4.68. The van der Waals surface area contributed by atoms with Gasteiger partial charge in [0.15, 0.2) is 0 Å². The normalized spacial score (nSPS) is 19.4.